The van der Waals surface area contributed by atoms with Crippen molar-refractivity contribution >= 4 is 0 Å². The Kier molecular flexibility index (Phi) is 5.57. The number of unbranched alkanes of at least 4 members (excludes halogenated alkanes) is 3. The number of hydrogen-bond acceptors (Lipinski definition) is 1. The van der Waals surface area contributed by atoms with Gasteiger partial charge in [0.15, 0.2) is 0 Å². The van der Waals surface area contributed by atoms with Gasteiger partial charge in [0, 0.05) is 0 Å². The first-order valence-electron chi connectivity index (χ1n) is 10.3. The Balaban J connectivity index is 1.36. The van der Waals surface area contributed by atoms with Crippen LogP contribution in [0.25, 0.3) is 0 Å². The Morgan fingerprint density at radius 3 is 2.00 bits per heavy atom. The highest BCUT2D eigenvalue weighted by molar-refractivity contribution is 5.36. The second-order valence-electron chi connectivity index (χ2n) is 9.35. The zero-order valence-electron chi connectivity index (χ0n) is 15.9. The van der Waals surface area contributed by atoms with Gasteiger partial charge in [0.05, 0.1) is 0 Å². The van der Waals surface area contributed by atoms with Crippen molar-refractivity contribution in [2.24, 2.45) is 10.8 Å². The van der Waals surface area contributed by atoms with Crippen molar-refractivity contribution in [2.75, 3.05) is 0 Å². The maximum Gasteiger partial charge on any atom is 0.118 e. The van der Waals surface area contributed by atoms with Gasteiger partial charge in [-0.2, -0.15) is 0 Å². The fourth-order valence-electron chi connectivity index (χ4n) is 3.85. The highest BCUT2D eigenvalue weighted by Gasteiger charge is 2.36. The maximum absolute atomic E-state index is 10.1. The molecule has 0 spiro atoms. The van der Waals surface area contributed by atoms with Gasteiger partial charge in [-0.15, -0.1) is 0 Å². The molecule has 0 aromatic heterocycles. The summed E-state index contributed by atoms with van der Waals surface area (Å²) < 4.78 is 0. The van der Waals surface area contributed by atoms with Crippen molar-refractivity contribution in [3.8, 4) is 5.75 Å². The molecule has 0 unspecified atom stereocenters. The van der Waals surface area contributed by atoms with E-state index < -0.39 is 0 Å². The van der Waals surface area contributed by atoms with Gasteiger partial charge in [-0.1, -0.05) is 45.2 Å². The number of phenolic OH excluding ortho intramolecular Hbond substituents is 1. The van der Waals surface area contributed by atoms with Gasteiger partial charge in [0.2, 0.25) is 0 Å². The zero-order chi connectivity index (χ0) is 17.0. The summed E-state index contributed by atoms with van der Waals surface area (Å²) >= 11 is 0. The Hall–Kier alpha value is -0.980. The molecule has 0 aliphatic heterocycles. The molecule has 1 aromatic carbocycles. The molecular weight excluding hydrogens is 292 g/mol. The molecule has 0 amide bonds. The Bertz CT molecular complexity index is 537. The third-order valence-corrected chi connectivity index (χ3v) is 6.57. The highest BCUT2D eigenvalue weighted by atomic mass is 16.3. The molecule has 1 heteroatoms. The van der Waals surface area contributed by atoms with E-state index in [1.165, 1.54) is 88.2 Å². The molecule has 1 N–H and O–H groups in total. The second kappa shape index (κ2) is 7.50. The van der Waals surface area contributed by atoms with Crippen LogP contribution in [0.3, 0.4) is 0 Å². The van der Waals surface area contributed by atoms with E-state index in [0.717, 1.165) is 6.42 Å². The molecular formula is C23H36O. The van der Waals surface area contributed by atoms with Crippen LogP contribution in [0.2, 0.25) is 0 Å². The maximum atomic E-state index is 10.1. The first-order chi connectivity index (χ1) is 11.5. The molecule has 0 radical (unpaired) electrons. The average molecular weight is 329 g/mol. The molecule has 0 heterocycles. The van der Waals surface area contributed by atoms with E-state index in [2.05, 4.69) is 26.0 Å². The van der Waals surface area contributed by atoms with Gasteiger partial charge < -0.3 is 5.11 Å². The van der Waals surface area contributed by atoms with E-state index in [4.69, 9.17) is 0 Å². The van der Waals surface area contributed by atoms with Crippen molar-refractivity contribution in [3.05, 3.63) is 29.3 Å². The second-order valence-corrected chi connectivity index (χ2v) is 9.35. The van der Waals surface area contributed by atoms with Crippen LogP contribution in [0.1, 0.15) is 95.6 Å². The number of aryl methyl sites for hydroxylation is 2. The van der Waals surface area contributed by atoms with E-state index in [9.17, 15) is 5.11 Å². The highest BCUT2D eigenvalue weighted by Crippen LogP contribution is 2.49. The Morgan fingerprint density at radius 2 is 1.38 bits per heavy atom. The van der Waals surface area contributed by atoms with Gasteiger partial charge in [0.25, 0.3) is 0 Å². The third kappa shape index (κ3) is 5.53. The quantitative estimate of drug-likeness (QED) is 0.442. The third-order valence-electron chi connectivity index (χ3n) is 6.57. The van der Waals surface area contributed by atoms with E-state index in [0.29, 0.717) is 16.6 Å². The van der Waals surface area contributed by atoms with Crippen LogP contribution < -0.4 is 0 Å². The van der Waals surface area contributed by atoms with Crippen LogP contribution in [-0.4, -0.2) is 5.11 Å². The lowest BCUT2D eigenvalue weighted by atomic mass is 9.96. The predicted molar refractivity (Wildman–Crippen MR) is 103 cm³/mol. The molecule has 2 aliphatic rings. The summed E-state index contributed by atoms with van der Waals surface area (Å²) in [5.41, 5.74) is 3.96. The number of phenols is 1. The first kappa shape index (κ1) is 17.8. The van der Waals surface area contributed by atoms with E-state index in [-0.39, 0.29) is 0 Å². The average Bonchev–Trinajstić information content (AvgIpc) is 3.47. The normalized spacial score (nSPS) is 20.1. The summed E-state index contributed by atoms with van der Waals surface area (Å²) in [4.78, 5) is 0. The van der Waals surface area contributed by atoms with Crippen LogP contribution >= 0.6 is 0 Å². The minimum Gasteiger partial charge on any atom is -0.508 e. The molecule has 2 aliphatic carbocycles. The van der Waals surface area contributed by atoms with Crippen molar-refractivity contribution in [1.82, 2.24) is 0 Å². The van der Waals surface area contributed by atoms with E-state index in [1.807, 2.05) is 6.07 Å². The van der Waals surface area contributed by atoms with Crippen LogP contribution in [0.4, 0.5) is 0 Å². The fraction of sp³-hybridized carbons (Fsp3) is 0.739. The van der Waals surface area contributed by atoms with Crippen LogP contribution in [-0.2, 0) is 12.8 Å². The summed E-state index contributed by atoms with van der Waals surface area (Å²) in [6.45, 7) is 4.85. The molecule has 24 heavy (non-hydrogen) atoms. The molecule has 2 saturated carbocycles. The van der Waals surface area contributed by atoms with Gasteiger partial charge in [0.1, 0.15) is 5.75 Å². The molecule has 134 valence electrons. The molecule has 0 bridgehead atoms. The lowest BCUT2D eigenvalue weighted by Gasteiger charge is -2.10. The van der Waals surface area contributed by atoms with E-state index >= 15 is 0 Å². The Morgan fingerprint density at radius 1 is 0.792 bits per heavy atom. The van der Waals surface area contributed by atoms with Crippen LogP contribution in [0.5, 0.6) is 5.75 Å². The van der Waals surface area contributed by atoms with E-state index in [1.54, 1.807) is 0 Å². The van der Waals surface area contributed by atoms with Gasteiger partial charge in [-0.05, 0) is 92.2 Å². The first-order valence-corrected chi connectivity index (χ1v) is 10.3. The SMILES string of the molecule is CC1(CCCCCc2cc(CCCCC3(C)CC3)ccc2O)CC1. The van der Waals surface area contributed by atoms with Crippen LogP contribution in [0, 0.1) is 10.8 Å². The summed E-state index contributed by atoms with van der Waals surface area (Å²) in [7, 11) is 0. The summed E-state index contributed by atoms with van der Waals surface area (Å²) in [6, 6.07) is 6.29. The molecule has 0 saturated heterocycles. The largest absolute Gasteiger partial charge is 0.508 e. The molecule has 1 aromatic rings. The van der Waals surface area contributed by atoms with Gasteiger partial charge in [-0.25, -0.2) is 0 Å². The minimum absolute atomic E-state index is 0.499. The number of aromatic hydroxyl groups is 1. The Labute approximate surface area is 148 Å². The zero-order valence-corrected chi connectivity index (χ0v) is 15.9. The standard InChI is InChI=1S/C23H36O/c1-22(14-15-22)12-6-3-4-9-20-18-19(10-11-21(20)24)8-5-7-13-23(2)16-17-23/h10-11,18,24H,3-9,12-17H2,1-2H3. The topological polar surface area (TPSA) is 20.2 Å². The summed E-state index contributed by atoms with van der Waals surface area (Å²) in [6.07, 6.45) is 17.3. The molecule has 2 fully saturated rings. The minimum atomic E-state index is 0.499. The van der Waals surface area contributed by atoms with Gasteiger partial charge >= 0.3 is 0 Å². The smallest absolute Gasteiger partial charge is 0.118 e. The predicted octanol–water partition coefficient (Wildman–Crippen LogP) is 6.81. The summed E-state index contributed by atoms with van der Waals surface area (Å²) in [5, 5.41) is 10.1. The van der Waals surface area contributed by atoms with Crippen molar-refractivity contribution in [2.45, 2.75) is 97.3 Å². The lowest BCUT2D eigenvalue weighted by Crippen LogP contribution is -1.96. The molecule has 1 nitrogen and oxygen atoms in total. The van der Waals surface area contributed by atoms with Crippen molar-refractivity contribution in [3.63, 3.8) is 0 Å². The summed E-state index contributed by atoms with van der Waals surface area (Å²) in [5.74, 6) is 0.499. The monoisotopic (exact) mass is 328 g/mol. The van der Waals surface area contributed by atoms with Crippen molar-refractivity contribution < 1.29 is 5.11 Å². The van der Waals surface area contributed by atoms with Gasteiger partial charge in [-0.3, -0.25) is 0 Å². The number of benzene rings is 1. The molecule has 3 rings (SSSR count). The fourth-order valence-corrected chi connectivity index (χ4v) is 3.85. The van der Waals surface area contributed by atoms with Crippen LogP contribution in [0.15, 0.2) is 18.2 Å². The van der Waals surface area contributed by atoms with Crippen molar-refractivity contribution in [1.29, 1.82) is 0 Å². The molecule has 0 atom stereocenters. The number of hydrogen-bond donors (Lipinski definition) is 1. The number of rotatable bonds is 11. The lowest BCUT2D eigenvalue weighted by molar-refractivity contribution is 0.459.